The highest BCUT2D eigenvalue weighted by Gasteiger charge is 2.54. The number of carbonyl (C=O) groups is 3. The Morgan fingerprint density at radius 2 is 0.873 bits per heavy atom. The Morgan fingerprint density at radius 1 is 0.492 bits per heavy atom. The first-order valence-electron chi connectivity index (χ1n) is 26.1. The summed E-state index contributed by atoms with van der Waals surface area (Å²) < 4.78 is 15.5. The monoisotopic (exact) mass is 903 g/mol. The lowest BCUT2D eigenvalue weighted by Gasteiger charge is -2.40. The van der Waals surface area contributed by atoms with Crippen LogP contribution in [0, 0.1) is 0 Å². The van der Waals surface area contributed by atoms with Crippen LogP contribution < -0.4 is 0 Å². The van der Waals surface area contributed by atoms with Crippen molar-refractivity contribution in [2.45, 2.75) is 270 Å². The molecule has 0 aromatic heterocycles. The van der Waals surface area contributed by atoms with E-state index in [1.165, 1.54) is 116 Å². The molecule has 0 bridgehead atoms. The molecule has 0 rings (SSSR count). The smallest absolute Gasteiger partial charge is 0.397 e. The van der Waals surface area contributed by atoms with Crippen molar-refractivity contribution >= 4 is 18.4 Å². The van der Waals surface area contributed by atoms with Gasteiger partial charge in [-0.15, -0.1) is 0 Å². The molecule has 4 N–H and O–H groups in total. The lowest BCUT2D eigenvalue weighted by atomic mass is 10.0. The van der Waals surface area contributed by atoms with E-state index in [4.69, 9.17) is 9.47 Å². The van der Waals surface area contributed by atoms with Crippen molar-refractivity contribution in [3.05, 3.63) is 0 Å². The van der Waals surface area contributed by atoms with Gasteiger partial charge >= 0.3 is 23.8 Å². The molecule has 0 amide bonds. The molecule has 0 saturated heterocycles. The molecular formula is C51H102N2O10. The molecule has 0 radical (unpaired) electrons. The van der Waals surface area contributed by atoms with Gasteiger partial charge in [-0.25, -0.2) is 4.90 Å². The molecule has 0 saturated carbocycles. The fourth-order valence-electron chi connectivity index (χ4n) is 7.58. The maximum Gasteiger partial charge on any atom is 0.397 e. The van der Waals surface area contributed by atoms with Crippen LogP contribution in [-0.2, 0) is 28.6 Å². The second-order valence-corrected chi connectivity index (χ2v) is 18.2. The predicted octanol–water partition coefficient (Wildman–Crippen LogP) is 11.5. The van der Waals surface area contributed by atoms with Crippen LogP contribution in [0.25, 0.3) is 0 Å². The van der Waals surface area contributed by atoms with Crippen LogP contribution in [0.4, 0.5) is 0 Å². The second-order valence-electron chi connectivity index (χ2n) is 18.2. The minimum Gasteiger partial charge on any atom is -0.466 e. The zero-order valence-corrected chi connectivity index (χ0v) is 41.9. The summed E-state index contributed by atoms with van der Waals surface area (Å²) in [5.41, 5.74) is 0. The number of esters is 2. The second kappa shape index (κ2) is 45.3. The third-order valence-corrected chi connectivity index (χ3v) is 11.7. The SMILES string of the molecule is CCCCCCCCCOC(=O)CCCCCCCN(CCCCCCCC(=O)OC(CCCCCCCC)CCCCCCCC)C(O)(O)C(O)(O)OC=O.CCCCN(C)C. The standard InChI is InChI=1S/C45H87NO10.C6H15N/c1-4-7-10-13-16-25-32-39-54-42(48)35-28-21-17-23-30-37-46(44(50,51)45(52,53)55-40-47)38-31-24-18-22-29-36-43(49)56-41(33-26-19-14-11-8-5-2)34-27-20-15-12-9-6-3;1-4-5-6-7(2)3/h40-41,50-53H,4-39H2,1-3H3;4-6H2,1-3H3. The first-order chi connectivity index (χ1) is 30.3. The minimum absolute atomic E-state index is 0.00426. The highest BCUT2D eigenvalue weighted by atomic mass is 16.8. The average molecular weight is 903 g/mol. The van der Waals surface area contributed by atoms with Gasteiger partial charge in [0.05, 0.1) is 6.61 Å². The summed E-state index contributed by atoms with van der Waals surface area (Å²) in [5, 5.41) is 41.6. The molecule has 0 aromatic rings. The number of ether oxygens (including phenoxy) is 3. The van der Waals surface area contributed by atoms with Gasteiger partial charge in [0.2, 0.25) is 0 Å². The van der Waals surface area contributed by atoms with E-state index in [0.717, 1.165) is 81.9 Å². The Morgan fingerprint density at radius 3 is 1.29 bits per heavy atom. The number of unbranched alkanes of at least 4 members (excludes halogenated alkanes) is 25. The maximum atomic E-state index is 12.8. The third-order valence-electron chi connectivity index (χ3n) is 11.7. The number of nitrogens with zero attached hydrogens (tertiary/aromatic N) is 2. The van der Waals surface area contributed by atoms with E-state index < -0.39 is 11.9 Å². The molecule has 12 nitrogen and oxygen atoms in total. The molecule has 63 heavy (non-hydrogen) atoms. The number of carbonyl (C=O) groups excluding carboxylic acids is 3. The number of rotatable bonds is 46. The zero-order chi connectivity index (χ0) is 47.3. The van der Waals surface area contributed by atoms with Crippen molar-refractivity contribution in [2.75, 3.05) is 40.3 Å². The highest BCUT2D eigenvalue weighted by Crippen LogP contribution is 2.25. The summed E-state index contributed by atoms with van der Waals surface area (Å²) >= 11 is 0. The third kappa shape index (κ3) is 40.2. The number of hydrogen-bond acceptors (Lipinski definition) is 12. The van der Waals surface area contributed by atoms with Crippen LogP contribution in [0.1, 0.15) is 252 Å². The van der Waals surface area contributed by atoms with Gasteiger partial charge in [0.1, 0.15) is 6.10 Å². The van der Waals surface area contributed by atoms with E-state index in [2.05, 4.69) is 51.4 Å². The van der Waals surface area contributed by atoms with Crippen molar-refractivity contribution in [3.8, 4) is 0 Å². The summed E-state index contributed by atoms with van der Waals surface area (Å²) in [6, 6.07) is 0. The molecule has 12 heteroatoms. The van der Waals surface area contributed by atoms with Crippen LogP contribution in [0.15, 0.2) is 0 Å². The molecule has 0 aromatic carbocycles. The molecule has 0 aliphatic rings. The lowest BCUT2D eigenvalue weighted by molar-refractivity contribution is -0.481. The highest BCUT2D eigenvalue weighted by molar-refractivity contribution is 5.69. The average Bonchev–Trinajstić information content (AvgIpc) is 3.24. The topological polar surface area (TPSA) is 166 Å². The molecule has 0 aliphatic carbocycles. The quantitative estimate of drug-likeness (QED) is 0.0150. The van der Waals surface area contributed by atoms with E-state index >= 15 is 0 Å². The molecule has 0 atom stereocenters. The molecule has 0 fully saturated rings. The van der Waals surface area contributed by atoms with Gasteiger partial charge in [-0.05, 0) is 84.8 Å². The Labute approximate surface area is 387 Å². The van der Waals surface area contributed by atoms with Crippen molar-refractivity contribution in [2.24, 2.45) is 0 Å². The summed E-state index contributed by atoms with van der Waals surface area (Å²) in [6.45, 7) is 10.6. The normalized spacial score (nSPS) is 11.9. The molecule has 0 unspecified atom stereocenters. The molecular weight excluding hydrogens is 801 g/mol. The Kier molecular flexibility index (Phi) is 45.5. The largest absolute Gasteiger partial charge is 0.466 e. The number of aliphatic hydroxyl groups is 4. The molecule has 376 valence electrons. The lowest BCUT2D eigenvalue weighted by Crippen LogP contribution is -2.66. The van der Waals surface area contributed by atoms with Crippen LogP contribution in [0.2, 0.25) is 0 Å². The fraction of sp³-hybridized carbons (Fsp3) is 0.941. The van der Waals surface area contributed by atoms with Crippen molar-refractivity contribution in [1.82, 2.24) is 9.80 Å². The van der Waals surface area contributed by atoms with E-state index in [-0.39, 0.29) is 37.6 Å². The first kappa shape index (κ1) is 63.3. The minimum atomic E-state index is -3.51. The Hall–Kier alpha value is -1.83. The summed E-state index contributed by atoms with van der Waals surface area (Å²) in [5.74, 6) is -7.01. The summed E-state index contributed by atoms with van der Waals surface area (Å²) in [7, 11) is 4.21. The number of hydrogen-bond donors (Lipinski definition) is 4. The van der Waals surface area contributed by atoms with Gasteiger partial charge in [-0.1, -0.05) is 175 Å². The van der Waals surface area contributed by atoms with Crippen LogP contribution in [-0.4, -0.2) is 107 Å². The van der Waals surface area contributed by atoms with E-state index in [0.29, 0.717) is 45.1 Å². The van der Waals surface area contributed by atoms with Gasteiger partial charge in [0, 0.05) is 25.9 Å². The van der Waals surface area contributed by atoms with Crippen molar-refractivity contribution in [1.29, 1.82) is 0 Å². The van der Waals surface area contributed by atoms with E-state index in [1.807, 2.05) is 0 Å². The Bertz CT molecular complexity index is 997. The van der Waals surface area contributed by atoms with Gasteiger partial charge in [0.15, 0.2) is 0 Å². The molecule has 0 heterocycles. The van der Waals surface area contributed by atoms with E-state index in [1.54, 1.807) is 0 Å². The van der Waals surface area contributed by atoms with Gasteiger partial charge < -0.3 is 39.5 Å². The van der Waals surface area contributed by atoms with Crippen molar-refractivity contribution < 1.29 is 49.0 Å². The zero-order valence-electron chi connectivity index (χ0n) is 41.9. The Balaban J connectivity index is 0. The first-order valence-corrected chi connectivity index (χ1v) is 26.1. The fourth-order valence-corrected chi connectivity index (χ4v) is 7.58. The van der Waals surface area contributed by atoms with Crippen LogP contribution in [0.5, 0.6) is 0 Å². The van der Waals surface area contributed by atoms with Crippen LogP contribution in [0.3, 0.4) is 0 Å². The van der Waals surface area contributed by atoms with Gasteiger partial charge in [0.25, 0.3) is 6.47 Å². The summed E-state index contributed by atoms with van der Waals surface area (Å²) in [6.07, 6.45) is 35.4. The summed E-state index contributed by atoms with van der Waals surface area (Å²) in [4.78, 5) is 38.9. The van der Waals surface area contributed by atoms with Crippen LogP contribution >= 0.6 is 0 Å². The maximum absolute atomic E-state index is 12.8. The predicted molar refractivity (Wildman–Crippen MR) is 257 cm³/mol. The van der Waals surface area contributed by atoms with E-state index in [9.17, 15) is 34.8 Å². The van der Waals surface area contributed by atoms with Gasteiger partial charge in [-0.3, -0.25) is 14.4 Å². The molecule has 0 spiro atoms. The van der Waals surface area contributed by atoms with Gasteiger partial charge in [-0.2, -0.15) is 0 Å². The van der Waals surface area contributed by atoms with Crippen molar-refractivity contribution in [3.63, 3.8) is 0 Å². The molecule has 0 aliphatic heterocycles.